The van der Waals surface area contributed by atoms with Crippen LogP contribution in [0, 0.1) is 3.57 Å². The molecule has 5 nitrogen and oxygen atoms in total. The quantitative estimate of drug-likeness (QED) is 0.251. The van der Waals surface area contributed by atoms with Crippen molar-refractivity contribution in [1.29, 1.82) is 0 Å². The largest absolute Gasteiger partial charge is 0.488 e. The molecule has 0 unspecified atom stereocenters. The third-order valence-corrected chi connectivity index (χ3v) is 5.21. The Bertz CT molecular complexity index is 925. The van der Waals surface area contributed by atoms with Gasteiger partial charge in [-0.25, -0.2) is 4.79 Å². The van der Waals surface area contributed by atoms with Crippen LogP contribution in [0.15, 0.2) is 65.3 Å². The molecule has 1 N–H and O–H groups in total. The van der Waals surface area contributed by atoms with Crippen LogP contribution in [-0.2, 0) is 11.3 Å². The summed E-state index contributed by atoms with van der Waals surface area (Å²) in [6.07, 6.45) is 3.35. The van der Waals surface area contributed by atoms with E-state index in [4.69, 9.17) is 4.74 Å². The summed E-state index contributed by atoms with van der Waals surface area (Å²) in [6, 6.07) is 12.6. The highest BCUT2D eigenvalue weighted by Gasteiger charge is 2.33. The second kappa shape index (κ2) is 8.71. The molecular weight excluding hydrogens is 523 g/mol. The molecule has 2 aromatic carbocycles. The van der Waals surface area contributed by atoms with E-state index in [9.17, 15) is 9.59 Å². The highest BCUT2D eigenvalue weighted by Crippen LogP contribution is 2.24. The molecule has 3 rings (SSSR count). The van der Waals surface area contributed by atoms with Crippen molar-refractivity contribution in [3.05, 3.63) is 80.0 Å². The number of nitrogens with zero attached hydrogens (tertiary/aromatic N) is 1. The second-order valence-corrected chi connectivity index (χ2v) is 7.87. The summed E-state index contributed by atoms with van der Waals surface area (Å²) < 4.78 is 7.40. The highest BCUT2D eigenvalue weighted by molar-refractivity contribution is 14.1. The molecule has 1 aliphatic heterocycles. The first-order valence-corrected chi connectivity index (χ1v) is 9.97. The molecule has 7 heteroatoms. The van der Waals surface area contributed by atoms with Gasteiger partial charge in [-0.3, -0.25) is 9.69 Å². The number of ether oxygens (including phenoxy) is 1. The maximum Gasteiger partial charge on any atom is 0.329 e. The lowest BCUT2D eigenvalue weighted by Crippen LogP contribution is -2.30. The molecule has 0 atom stereocenters. The van der Waals surface area contributed by atoms with E-state index in [1.807, 2.05) is 42.5 Å². The number of rotatable bonds is 6. The first kappa shape index (κ1) is 19.6. The average Bonchev–Trinajstić information content (AvgIpc) is 2.90. The fourth-order valence-corrected chi connectivity index (χ4v) is 3.49. The van der Waals surface area contributed by atoms with Gasteiger partial charge in [0.05, 0.1) is 10.1 Å². The molecule has 0 bridgehead atoms. The summed E-state index contributed by atoms with van der Waals surface area (Å²) >= 11 is 5.54. The molecule has 1 saturated heterocycles. The molecule has 138 valence electrons. The predicted molar refractivity (Wildman–Crippen MR) is 116 cm³/mol. The van der Waals surface area contributed by atoms with Crippen LogP contribution >= 0.6 is 38.5 Å². The SMILES string of the molecule is C=CCOc1ccc(/C=C2/NC(=O)N(Cc3ccc(Br)cc3)C2=O)cc1I. The zero-order chi connectivity index (χ0) is 19.4. The summed E-state index contributed by atoms with van der Waals surface area (Å²) in [6.45, 7) is 4.28. The third-order valence-electron chi connectivity index (χ3n) is 3.84. The van der Waals surface area contributed by atoms with Gasteiger partial charge in [-0.2, -0.15) is 0 Å². The van der Waals surface area contributed by atoms with Gasteiger partial charge >= 0.3 is 6.03 Å². The molecule has 2 aromatic rings. The van der Waals surface area contributed by atoms with Gasteiger partial charge in [0, 0.05) is 4.47 Å². The summed E-state index contributed by atoms with van der Waals surface area (Å²) in [5.74, 6) is 0.404. The van der Waals surface area contributed by atoms with Crippen LogP contribution in [0.25, 0.3) is 6.08 Å². The Kier molecular flexibility index (Phi) is 6.33. The summed E-state index contributed by atoms with van der Waals surface area (Å²) in [4.78, 5) is 26.0. The minimum Gasteiger partial charge on any atom is -0.488 e. The smallest absolute Gasteiger partial charge is 0.329 e. The van der Waals surface area contributed by atoms with Crippen LogP contribution < -0.4 is 10.1 Å². The van der Waals surface area contributed by atoms with Crippen molar-refractivity contribution >= 4 is 56.5 Å². The Morgan fingerprint density at radius 1 is 1.19 bits per heavy atom. The minimum atomic E-state index is -0.421. The van der Waals surface area contributed by atoms with Crippen molar-refractivity contribution in [3.8, 4) is 5.75 Å². The van der Waals surface area contributed by atoms with Crippen LogP contribution in [-0.4, -0.2) is 23.4 Å². The summed E-state index contributed by atoms with van der Waals surface area (Å²) in [5, 5.41) is 2.64. The second-order valence-electron chi connectivity index (χ2n) is 5.80. The van der Waals surface area contributed by atoms with Gasteiger partial charge in [-0.1, -0.05) is 46.8 Å². The number of amides is 3. The van der Waals surface area contributed by atoms with Gasteiger partial charge in [-0.15, -0.1) is 0 Å². The van der Waals surface area contributed by atoms with Crippen molar-refractivity contribution in [3.63, 3.8) is 0 Å². The highest BCUT2D eigenvalue weighted by atomic mass is 127. The number of hydrogen-bond donors (Lipinski definition) is 1. The fourth-order valence-electron chi connectivity index (χ4n) is 2.53. The van der Waals surface area contributed by atoms with E-state index < -0.39 is 6.03 Å². The van der Waals surface area contributed by atoms with Crippen molar-refractivity contribution < 1.29 is 14.3 Å². The molecule has 27 heavy (non-hydrogen) atoms. The van der Waals surface area contributed by atoms with Crippen molar-refractivity contribution in [2.24, 2.45) is 0 Å². The molecule has 1 fully saturated rings. The molecule has 0 aromatic heterocycles. The molecule has 0 radical (unpaired) electrons. The molecule has 1 aliphatic rings. The Labute approximate surface area is 179 Å². The molecular formula is C20H16BrIN2O3. The summed E-state index contributed by atoms with van der Waals surface area (Å²) in [5.41, 5.74) is 1.94. The number of carbonyl (C=O) groups excluding carboxylic acids is 2. The maximum atomic E-state index is 12.6. The molecule has 1 heterocycles. The van der Waals surface area contributed by atoms with Gasteiger partial charge < -0.3 is 10.1 Å². The van der Waals surface area contributed by atoms with Crippen molar-refractivity contribution in [2.45, 2.75) is 6.54 Å². The third kappa shape index (κ3) is 4.78. The van der Waals surface area contributed by atoms with Gasteiger partial charge in [0.25, 0.3) is 5.91 Å². The lowest BCUT2D eigenvalue weighted by molar-refractivity contribution is -0.123. The van der Waals surface area contributed by atoms with Crippen LogP contribution in [0.5, 0.6) is 5.75 Å². The molecule has 0 spiro atoms. The Morgan fingerprint density at radius 2 is 1.93 bits per heavy atom. The number of imide groups is 1. The number of carbonyl (C=O) groups is 2. The normalized spacial score (nSPS) is 15.2. The number of benzene rings is 2. The molecule has 3 amide bonds. The van der Waals surface area contributed by atoms with Crippen LogP contribution in [0.2, 0.25) is 0 Å². The zero-order valence-corrected chi connectivity index (χ0v) is 18.0. The summed E-state index contributed by atoms with van der Waals surface area (Å²) in [7, 11) is 0. The van der Waals surface area contributed by atoms with Gasteiger partial charge in [0.2, 0.25) is 0 Å². The first-order chi connectivity index (χ1) is 13.0. The van der Waals surface area contributed by atoms with Crippen LogP contribution in [0.4, 0.5) is 4.79 Å². The van der Waals surface area contributed by atoms with E-state index >= 15 is 0 Å². The van der Waals surface area contributed by atoms with Gasteiger partial charge in [0.15, 0.2) is 0 Å². The number of nitrogens with one attached hydrogen (secondary N) is 1. The van der Waals surface area contributed by atoms with Gasteiger partial charge in [0.1, 0.15) is 18.1 Å². The molecule has 0 aliphatic carbocycles. The number of halogens is 2. The molecule has 0 saturated carbocycles. The monoisotopic (exact) mass is 538 g/mol. The average molecular weight is 539 g/mol. The first-order valence-electron chi connectivity index (χ1n) is 8.10. The fraction of sp³-hybridized carbons (Fsp3) is 0.100. The van der Waals surface area contributed by atoms with E-state index in [1.54, 1.807) is 12.2 Å². The van der Waals surface area contributed by atoms with Crippen molar-refractivity contribution in [2.75, 3.05) is 6.61 Å². The maximum absolute atomic E-state index is 12.6. The number of hydrogen-bond acceptors (Lipinski definition) is 3. The van der Waals surface area contributed by atoms with E-state index in [0.717, 1.165) is 24.9 Å². The van der Waals surface area contributed by atoms with Crippen molar-refractivity contribution in [1.82, 2.24) is 10.2 Å². The zero-order valence-electron chi connectivity index (χ0n) is 14.2. The standard InChI is InChI=1S/C20H16BrIN2O3/c1-2-9-27-18-8-5-14(10-16(18)22)11-17-19(25)24(20(26)23-17)12-13-3-6-15(21)7-4-13/h2-8,10-11H,1,9,12H2,(H,23,26)/b17-11+. The predicted octanol–water partition coefficient (Wildman–Crippen LogP) is 4.71. The minimum absolute atomic E-state index is 0.223. The van der Waals surface area contributed by atoms with Crippen LogP contribution in [0.3, 0.4) is 0 Å². The van der Waals surface area contributed by atoms with E-state index in [1.165, 1.54) is 4.90 Å². The van der Waals surface area contributed by atoms with E-state index in [0.29, 0.717) is 6.61 Å². The lowest BCUT2D eigenvalue weighted by atomic mass is 10.1. The van der Waals surface area contributed by atoms with Crippen LogP contribution in [0.1, 0.15) is 11.1 Å². The Balaban J connectivity index is 1.76. The van der Waals surface area contributed by atoms with E-state index in [2.05, 4.69) is 50.4 Å². The Hall–Kier alpha value is -2.13. The topological polar surface area (TPSA) is 58.6 Å². The Morgan fingerprint density at radius 3 is 2.59 bits per heavy atom. The van der Waals surface area contributed by atoms with Gasteiger partial charge in [-0.05, 0) is 64.1 Å². The van der Waals surface area contributed by atoms with E-state index in [-0.39, 0.29) is 18.1 Å². The number of urea groups is 1. The lowest BCUT2D eigenvalue weighted by Gasteiger charge is -2.11.